The summed E-state index contributed by atoms with van der Waals surface area (Å²) in [4.78, 5) is 39.8. The Hall–Kier alpha value is -2.15. The van der Waals surface area contributed by atoms with E-state index in [1.807, 2.05) is 6.92 Å². The Morgan fingerprint density at radius 3 is 2.43 bits per heavy atom. The third-order valence-electron chi connectivity index (χ3n) is 5.56. The van der Waals surface area contributed by atoms with Crippen LogP contribution in [0.15, 0.2) is 0 Å². The van der Waals surface area contributed by atoms with Crippen molar-refractivity contribution in [3.63, 3.8) is 0 Å². The van der Waals surface area contributed by atoms with Crippen LogP contribution in [-0.4, -0.2) is 60.5 Å². The van der Waals surface area contributed by atoms with Gasteiger partial charge in [0.1, 0.15) is 5.69 Å². The molecule has 0 radical (unpaired) electrons. The summed E-state index contributed by atoms with van der Waals surface area (Å²) < 4.78 is 11.9. The van der Waals surface area contributed by atoms with Crippen molar-refractivity contribution < 1.29 is 23.9 Å². The zero-order chi connectivity index (χ0) is 20.8. The molecule has 0 spiro atoms. The van der Waals surface area contributed by atoms with Crippen LogP contribution in [0.25, 0.3) is 0 Å². The molecule has 28 heavy (non-hydrogen) atoms. The van der Waals surface area contributed by atoms with Crippen LogP contribution in [0, 0.1) is 19.8 Å². The molecule has 1 aliphatic carbocycles. The first-order valence-electron chi connectivity index (χ1n) is 9.97. The first-order chi connectivity index (χ1) is 13.3. The largest absolute Gasteiger partial charge is 0.461 e. The molecule has 1 heterocycles. The lowest BCUT2D eigenvalue weighted by Gasteiger charge is -2.31. The Morgan fingerprint density at radius 2 is 1.89 bits per heavy atom. The molecule has 1 aromatic rings. The molecule has 0 bridgehead atoms. The predicted molar refractivity (Wildman–Crippen MR) is 106 cm³/mol. The van der Waals surface area contributed by atoms with Crippen LogP contribution in [0.3, 0.4) is 0 Å². The van der Waals surface area contributed by atoms with E-state index in [0.29, 0.717) is 42.1 Å². The molecule has 0 aliphatic heterocycles. The summed E-state index contributed by atoms with van der Waals surface area (Å²) in [6, 6.07) is 0. The summed E-state index contributed by atoms with van der Waals surface area (Å²) in [6.07, 6.45) is 3.54. The predicted octanol–water partition coefficient (Wildman–Crippen LogP) is 2.67. The zero-order valence-electron chi connectivity index (χ0n) is 17.7. The van der Waals surface area contributed by atoms with E-state index in [9.17, 15) is 14.4 Å². The van der Waals surface area contributed by atoms with Gasteiger partial charge in [0.05, 0.1) is 13.2 Å². The molecule has 1 amide bonds. The molecule has 0 saturated heterocycles. The number of aromatic nitrogens is 1. The molecule has 7 heteroatoms. The second kappa shape index (κ2) is 9.87. The first kappa shape index (κ1) is 22.1. The highest BCUT2D eigenvalue weighted by molar-refractivity contribution is 6.04. The molecule has 0 atom stereocenters. The van der Waals surface area contributed by atoms with Gasteiger partial charge in [0.25, 0.3) is 0 Å². The van der Waals surface area contributed by atoms with Gasteiger partial charge in [-0.05, 0) is 45.6 Å². The van der Waals surface area contributed by atoms with Crippen molar-refractivity contribution >= 4 is 17.7 Å². The fourth-order valence-corrected chi connectivity index (χ4v) is 3.71. The summed E-state index contributed by atoms with van der Waals surface area (Å²) in [5.74, 6) is -0.505. The van der Waals surface area contributed by atoms with Crippen molar-refractivity contribution in [2.75, 3.05) is 33.4 Å². The fourth-order valence-electron chi connectivity index (χ4n) is 3.71. The Bertz CT molecular complexity index is 734. The lowest BCUT2D eigenvalue weighted by molar-refractivity contribution is -0.137. The number of ketones is 1. The van der Waals surface area contributed by atoms with Crippen molar-refractivity contribution in [1.82, 2.24) is 9.47 Å². The zero-order valence-corrected chi connectivity index (χ0v) is 17.7. The number of hydrogen-bond acceptors (Lipinski definition) is 5. The minimum absolute atomic E-state index is 0.0208. The number of carbonyl (C=O) groups excluding carboxylic acids is 3. The van der Waals surface area contributed by atoms with Gasteiger partial charge in [-0.3, -0.25) is 9.59 Å². The maximum atomic E-state index is 13.1. The van der Waals surface area contributed by atoms with Gasteiger partial charge in [0.2, 0.25) is 5.91 Å². The molecule has 7 nitrogen and oxygen atoms in total. The standard InChI is InChI=1S/C21H32N2O5/c1-6-28-21(26)19-14(2)18(15(3)22(19)4)17(24)13-23(11-8-12-27-5)20(25)16-9-7-10-16/h16H,6-13H2,1-5H3. The van der Waals surface area contributed by atoms with E-state index >= 15 is 0 Å². The Morgan fingerprint density at radius 1 is 1.21 bits per heavy atom. The van der Waals surface area contributed by atoms with Gasteiger partial charge in [0, 0.05) is 44.5 Å². The third kappa shape index (κ3) is 4.63. The summed E-state index contributed by atoms with van der Waals surface area (Å²) in [5.41, 5.74) is 2.21. The van der Waals surface area contributed by atoms with Gasteiger partial charge in [-0.2, -0.15) is 0 Å². The molecule has 0 aromatic carbocycles. The first-order valence-corrected chi connectivity index (χ1v) is 9.97. The minimum atomic E-state index is -0.438. The molecule has 0 unspecified atom stereocenters. The number of nitrogens with zero attached hydrogens (tertiary/aromatic N) is 2. The highest BCUT2D eigenvalue weighted by Crippen LogP contribution is 2.29. The lowest BCUT2D eigenvalue weighted by atomic mass is 9.84. The van der Waals surface area contributed by atoms with E-state index < -0.39 is 5.97 Å². The van der Waals surface area contributed by atoms with Crippen LogP contribution in [-0.2, 0) is 21.3 Å². The van der Waals surface area contributed by atoms with Crippen LogP contribution in [0.5, 0.6) is 0 Å². The van der Waals surface area contributed by atoms with Crippen molar-refractivity contribution in [3.8, 4) is 0 Å². The van der Waals surface area contributed by atoms with Crippen LogP contribution in [0.4, 0.5) is 0 Å². The average Bonchev–Trinajstić information content (AvgIpc) is 2.82. The highest BCUT2D eigenvalue weighted by atomic mass is 16.5. The van der Waals surface area contributed by atoms with Crippen LogP contribution >= 0.6 is 0 Å². The third-order valence-corrected chi connectivity index (χ3v) is 5.56. The topological polar surface area (TPSA) is 77.8 Å². The van der Waals surface area contributed by atoms with Crippen LogP contribution < -0.4 is 0 Å². The average molecular weight is 392 g/mol. The lowest BCUT2D eigenvalue weighted by Crippen LogP contribution is -2.42. The number of rotatable bonds is 10. The van der Waals surface area contributed by atoms with E-state index in [1.54, 1.807) is 37.5 Å². The molecule has 0 N–H and O–H groups in total. The molecule has 2 rings (SSSR count). The second-order valence-electron chi connectivity index (χ2n) is 7.37. The van der Waals surface area contributed by atoms with E-state index in [0.717, 1.165) is 19.3 Å². The van der Waals surface area contributed by atoms with E-state index in [4.69, 9.17) is 9.47 Å². The summed E-state index contributed by atoms with van der Waals surface area (Å²) in [5, 5.41) is 0. The summed E-state index contributed by atoms with van der Waals surface area (Å²) in [6.45, 7) is 6.64. The number of amides is 1. The van der Waals surface area contributed by atoms with Gasteiger partial charge in [-0.15, -0.1) is 0 Å². The molecule has 1 saturated carbocycles. The van der Waals surface area contributed by atoms with Crippen LogP contribution in [0.1, 0.15) is 64.7 Å². The van der Waals surface area contributed by atoms with Gasteiger partial charge in [0.15, 0.2) is 5.78 Å². The minimum Gasteiger partial charge on any atom is -0.461 e. The Kier molecular flexibility index (Phi) is 7.80. The number of esters is 1. The number of methoxy groups -OCH3 is 1. The van der Waals surface area contributed by atoms with Crippen molar-refractivity contribution in [2.24, 2.45) is 13.0 Å². The Labute approximate surface area is 167 Å². The monoisotopic (exact) mass is 392 g/mol. The van der Waals surface area contributed by atoms with Crippen molar-refractivity contribution in [2.45, 2.75) is 46.5 Å². The number of carbonyl (C=O) groups is 3. The SMILES string of the molecule is CCOC(=O)c1c(C)c(C(=O)CN(CCCOC)C(=O)C2CCC2)c(C)n1C. The normalized spacial score (nSPS) is 13.9. The maximum absolute atomic E-state index is 13.1. The molecule has 1 aliphatic rings. The number of hydrogen-bond donors (Lipinski definition) is 0. The number of ether oxygens (including phenoxy) is 2. The summed E-state index contributed by atoms with van der Waals surface area (Å²) >= 11 is 0. The van der Waals surface area contributed by atoms with Gasteiger partial charge < -0.3 is 18.9 Å². The maximum Gasteiger partial charge on any atom is 0.355 e. The molecular formula is C21H32N2O5. The van der Waals surface area contributed by atoms with E-state index in [-0.39, 0.29) is 30.8 Å². The fraction of sp³-hybridized carbons (Fsp3) is 0.667. The van der Waals surface area contributed by atoms with Gasteiger partial charge in [-0.25, -0.2) is 4.79 Å². The molecule has 1 aromatic heterocycles. The van der Waals surface area contributed by atoms with E-state index in [1.165, 1.54) is 0 Å². The number of Topliss-reactive ketones (excluding diaryl/α,β-unsaturated/α-hetero) is 1. The molecular weight excluding hydrogens is 360 g/mol. The highest BCUT2D eigenvalue weighted by Gasteiger charge is 2.32. The molecule has 156 valence electrons. The van der Waals surface area contributed by atoms with Crippen molar-refractivity contribution in [3.05, 3.63) is 22.5 Å². The quantitative estimate of drug-likeness (QED) is 0.348. The van der Waals surface area contributed by atoms with Crippen molar-refractivity contribution in [1.29, 1.82) is 0 Å². The Balaban J connectivity index is 2.23. The van der Waals surface area contributed by atoms with Gasteiger partial charge >= 0.3 is 5.97 Å². The van der Waals surface area contributed by atoms with Crippen LogP contribution in [0.2, 0.25) is 0 Å². The molecule has 1 fully saturated rings. The van der Waals surface area contributed by atoms with E-state index in [2.05, 4.69) is 0 Å². The second-order valence-corrected chi connectivity index (χ2v) is 7.37. The van der Waals surface area contributed by atoms with Gasteiger partial charge in [-0.1, -0.05) is 6.42 Å². The summed E-state index contributed by atoms with van der Waals surface area (Å²) in [7, 11) is 3.37. The smallest absolute Gasteiger partial charge is 0.355 e.